The van der Waals surface area contributed by atoms with Crippen molar-refractivity contribution in [2.75, 3.05) is 6.61 Å². The molecule has 0 aliphatic carbocycles. The summed E-state index contributed by atoms with van der Waals surface area (Å²) >= 11 is 0. The Morgan fingerprint density at radius 2 is 2.23 bits per heavy atom. The van der Waals surface area contributed by atoms with Gasteiger partial charge in [0.15, 0.2) is 6.29 Å². The molecule has 0 saturated carbocycles. The predicted octanol–water partition coefficient (Wildman–Crippen LogP) is 1.95. The van der Waals surface area contributed by atoms with E-state index in [0.717, 1.165) is 29.8 Å². The number of carbonyl (C=O) groups excluding carboxylic acids is 1. The number of hydrogen-bond acceptors (Lipinski definition) is 5. The molecular weight excluding hydrogens is 282 g/mol. The number of hydrogen-bond donors (Lipinski definition) is 1. The highest BCUT2D eigenvalue weighted by Gasteiger charge is 2.02. The highest BCUT2D eigenvalue weighted by molar-refractivity contribution is 5.73. The number of aromatic nitrogens is 5. The molecular formula is C15H15N5O2. The third-order valence-electron chi connectivity index (χ3n) is 3.10. The molecule has 0 aliphatic heterocycles. The lowest BCUT2D eigenvalue weighted by molar-refractivity contribution is 0.112. The zero-order valence-electron chi connectivity index (χ0n) is 11.8. The van der Waals surface area contributed by atoms with E-state index < -0.39 is 0 Å². The molecule has 3 aromatic rings. The minimum absolute atomic E-state index is 0.557. The average Bonchev–Trinajstić information content (AvgIpc) is 3.23. The normalized spacial score (nSPS) is 10.5. The molecule has 3 rings (SSSR count). The number of aryl methyl sites for hydroxylation is 1. The van der Waals surface area contributed by atoms with Crippen LogP contribution in [0.2, 0.25) is 0 Å². The fourth-order valence-corrected chi connectivity index (χ4v) is 2.00. The zero-order chi connectivity index (χ0) is 15.2. The predicted molar refractivity (Wildman–Crippen MR) is 79.5 cm³/mol. The smallest absolute Gasteiger partial charge is 0.153 e. The molecule has 7 nitrogen and oxygen atoms in total. The summed E-state index contributed by atoms with van der Waals surface area (Å²) < 4.78 is 7.36. The number of nitrogens with one attached hydrogen (secondary N) is 1. The van der Waals surface area contributed by atoms with Gasteiger partial charge in [0.1, 0.15) is 5.75 Å². The summed E-state index contributed by atoms with van der Waals surface area (Å²) in [5, 5.41) is 10.8. The van der Waals surface area contributed by atoms with Gasteiger partial charge in [-0.3, -0.25) is 19.6 Å². The second-order valence-corrected chi connectivity index (χ2v) is 4.71. The lowest BCUT2D eigenvalue weighted by Crippen LogP contribution is -2.05. The van der Waals surface area contributed by atoms with Crippen LogP contribution >= 0.6 is 0 Å². The first-order chi connectivity index (χ1) is 10.8. The van der Waals surface area contributed by atoms with Crippen molar-refractivity contribution >= 4 is 6.29 Å². The molecule has 0 fully saturated rings. The number of aldehydes is 1. The number of ether oxygens (including phenoxy) is 1. The Bertz CT molecular complexity index is 719. The molecule has 0 bridgehead atoms. The molecule has 0 aliphatic rings. The van der Waals surface area contributed by atoms with E-state index in [4.69, 9.17) is 4.74 Å². The SMILES string of the molecule is O=Cc1cnn(CCCOc2ccc(-c3ccn[nH]3)nc2)c1. The van der Waals surface area contributed by atoms with E-state index in [0.29, 0.717) is 18.7 Å². The van der Waals surface area contributed by atoms with Gasteiger partial charge in [-0.2, -0.15) is 10.2 Å². The lowest BCUT2D eigenvalue weighted by Gasteiger charge is -2.06. The second-order valence-electron chi connectivity index (χ2n) is 4.71. The van der Waals surface area contributed by atoms with Crippen LogP contribution in [0.3, 0.4) is 0 Å². The van der Waals surface area contributed by atoms with E-state index in [1.807, 2.05) is 18.2 Å². The van der Waals surface area contributed by atoms with Crippen molar-refractivity contribution in [2.24, 2.45) is 0 Å². The van der Waals surface area contributed by atoms with Crippen LogP contribution in [0.4, 0.5) is 0 Å². The van der Waals surface area contributed by atoms with E-state index >= 15 is 0 Å². The highest BCUT2D eigenvalue weighted by Crippen LogP contribution is 2.16. The fraction of sp³-hybridized carbons (Fsp3) is 0.200. The van der Waals surface area contributed by atoms with Gasteiger partial charge in [-0.15, -0.1) is 0 Å². The summed E-state index contributed by atoms with van der Waals surface area (Å²) in [6.45, 7) is 1.26. The topological polar surface area (TPSA) is 85.7 Å². The lowest BCUT2D eigenvalue weighted by atomic mass is 10.3. The van der Waals surface area contributed by atoms with Gasteiger partial charge in [0.25, 0.3) is 0 Å². The van der Waals surface area contributed by atoms with Crippen molar-refractivity contribution in [3.05, 3.63) is 48.5 Å². The van der Waals surface area contributed by atoms with Gasteiger partial charge in [-0.05, 0) is 18.2 Å². The number of rotatable bonds is 7. The summed E-state index contributed by atoms with van der Waals surface area (Å²) in [7, 11) is 0. The van der Waals surface area contributed by atoms with Crippen LogP contribution in [0.15, 0.2) is 43.0 Å². The number of carbonyl (C=O) groups is 1. The first-order valence-electron chi connectivity index (χ1n) is 6.91. The van der Waals surface area contributed by atoms with Crippen molar-refractivity contribution in [3.63, 3.8) is 0 Å². The molecule has 0 amide bonds. The van der Waals surface area contributed by atoms with Gasteiger partial charge >= 0.3 is 0 Å². The molecule has 0 spiro atoms. The third-order valence-corrected chi connectivity index (χ3v) is 3.10. The van der Waals surface area contributed by atoms with Gasteiger partial charge in [-0.1, -0.05) is 0 Å². The molecule has 112 valence electrons. The molecule has 3 aromatic heterocycles. The molecule has 7 heteroatoms. The van der Waals surface area contributed by atoms with E-state index in [9.17, 15) is 4.79 Å². The molecule has 0 unspecified atom stereocenters. The molecule has 0 aromatic carbocycles. The summed E-state index contributed by atoms with van der Waals surface area (Å²) in [6.07, 6.45) is 8.22. The Morgan fingerprint density at radius 1 is 1.27 bits per heavy atom. The zero-order valence-corrected chi connectivity index (χ0v) is 11.8. The van der Waals surface area contributed by atoms with Crippen LogP contribution in [0, 0.1) is 0 Å². The first-order valence-corrected chi connectivity index (χ1v) is 6.91. The van der Waals surface area contributed by atoms with Crippen LogP contribution in [0.5, 0.6) is 5.75 Å². The highest BCUT2D eigenvalue weighted by atomic mass is 16.5. The fourth-order valence-electron chi connectivity index (χ4n) is 2.00. The Labute approximate surface area is 127 Å². The maximum absolute atomic E-state index is 10.6. The Hall–Kier alpha value is -2.96. The van der Waals surface area contributed by atoms with Gasteiger partial charge in [0, 0.05) is 25.4 Å². The minimum atomic E-state index is 0.557. The molecule has 0 saturated heterocycles. The van der Waals surface area contributed by atoms with E-state index in [2.05, 4.69) is 20.3 Å². The molecule has 3 heterocycles. The average molecular weight is 297 g/mol. The number of aromatic amines is 1. The maximum atomic E-state index is 10.6. The summed E-state index contributed by atoms with van der Waals surface area (Å²) in [6, 6.07) is 5.62. The summed E-state index contributed by atoms with van der Waals surface area (Å²) in [5.41, 5.74) is 2.28. The largest absolute Gasteiger partial charge is 0.492 e. The standard InChI is InChI=1S/C15H15N5O2/c21-11-12-8-18-20(10-12)6-1-7-22-13-2-3-14(16-9-13)15-4-5-17-19-15/h2-5,8-11H,1,6-7H2,(H,17,19). The first kappa shape index (κ1) is 14.0. The van der Waals surface area contributed by atoms with Crippen molar-refractivity contribution in [1.29, 1.82) is 0 Å². The van der Waals surface area contributed by atoms with E-state index in [1.165, 1.54) is 0 Å². The Kier molecular flexibility index (Phi) is 4.24. The van der Waals surface area contributed by atoms with E-state index in [1.54, 1.807) is 29.5 Å². The number of H-pyrrole nitrogens is 1. The summed E-state index contributed by atoms with van der Waals surface area (Å²) in [5.74, 6) is 0.720. The minimum Gasteiger partial charge on any atom is -0.492 e. The van der Waals surface area contributed by atoms with Gasteiger partial charge < -0.3 is 4.74 Å². The quantitative estimate of drug-likeness (QED) is 0.532. The Balaban J connectivity index is 1.46. The van der Waals surface area contributed by atoms with Crippen LogP contribution < -0.4 is 4.74 Å². The number of nitrogens with zero attached hydrogens (tertiary/aromatic N) is 4. The van der Waals surface area contributed by atoms with Crippen molar-refractivity contribution in [2.45, 2.75) is 13.0 Å². The second kappa shape index (κ2) is 6.66. The summed E-state index contributed by atoms with van der Waals surface area (Å²) in [4.78, 5) is 14.9. The maximum Gasteiger partial charge on any atom is 0.153 e. The molecule has 1 N–H and O–H groups in total. The molecule has 0 radical (unpaired) electrons. The van der Waals surface area contributed by atoms with Crippen molar-refractivity contribution in [1.82, 2.24) is 25.0 Å². The van der Waals surface area contributed by atoms with Crippen LogP contribution in [0.1, 0.15) is 16.8 Å². The monoisotopic (exact) mass is 297 g/mol. The van der Waals surface area contributed by atoms with Crippen LogP contribution in [-0.4, -0.2) is 37.9 Å². The van der Waals surface area contributed by atoms with Gasteiger partial charge in [0.2, 0.25) is 0 Å². The Morgan fingerprint density at radius 3 is 2.91 bits per heavy atom. The van der Waals surface area contributed by atoms with Gasteiger partial charge in [-0.25, -0.2) is 0 Å². The van der Waals surface area contributed by atoms with Crippen LogP contribution in [-0.2, 0) is 6.54 Å². The van der Waals surface area contributed by atoms with Gasteiger partial charge in [0.05, 0.1) is 36.0 Å². The van der Waals surface area contributed by atoms with Crippen molar-refractivity contribution < 1.29 is 9.53 Å². The van der Waals surface area contributed by atoms with Crippen LogP contribution in [0.25, 0.3) is 11.4 Å². The van der Waals surface area contributed by atoms with Crippen molar-refractivity contribution in [3.8, 4) is 17.1 Å². The van der Waals surface area contributed by atoms with E-state index in [-0.39, 0.29) is 0 Å². The molecule has 22 heavy (non-hydrogen) atoms. The molecule has 0 atom stereocenters. The number of pyridine rings is 1. The third kappa shape index (κ3) is 3.38.